The van der Waals surface area contributed by atoms with Gasteiger partial charge in [0.25, 0.3) is 0 Å². The van der Waals surface area contributed by atoms with E-state index in [4.69, 9.17) is 4.74 Å². The van der Waals surface area contributed by atoms with E-state index in [0.29, 0.717) is 30.8 Å². The van der Waals surface area contributed by atoms with E-state index in [-0.39, 0.29) is 11.6 Å². The fourth-order valence-electron chi connectivity index (χ4n) is 2.48. The molecule has 0 saturated carbocycles. The third-order valence-electron chi connectivity index (χ3n) is 3.58. The van der Waals surface area contributed by atoms with Crippen molar-refractivity contribution in [2.75, 3.05) is 36.5 Å². The van der Waals surface area contributed by atoms with E-state index in [9.17, 15) is 9.59 Å². The fourth-order valence-corrected chi connectivity index (χ4v) is 2.48. The van der Waals surface area contributed by atoms with Crippen molar-refractivity contribution < 1.29 is 9.53 Å². The molecule has 0 atom stereocenters. The molecule has 1 saturated heterocycles. The molecule has 0 radical (unpaired) electrons. The largest absolute Gasteiger partial charge is 0.378 e. The Morgan fingerprint density at radius 3 is 2.62 bits per heavy atom. The maximum atomic E-state index is 11.7. The van der Waals surface area contributed by atoms with Gasteiger partial charge in [0.1, 0.15) is 0 Å². The number of hydrogen-bond acceptors (Lipinski definition) is 4. The second-order valence-electron chi connectivity index (χ2n) is 5.00. The second kappa shape index (κ2) is 5.61. The zero-order chi connectivity index (χ0) is 14.8. The molecule has 7 heteroatoms. The molecule has 1 fully saturated rings. The van der Waals surface area contributed by atoms with Crippen LogP contribution in [0, 0.1) is 0 Å². The first-order chi connectivity index (χ1) is 10.2. The molecular weight excluding hydrogens is 272 g/mol. The first-order valence-corrected chi connectivity index (χ1v) is 7.06. The normalized spacial score (nSPS) is 15.4. The molecule has 1 aromatic carbocycles. The molecule has 3 N–H and O–H groups in total. The number of morpholine rings is 1. The molecule has 0 aliphatic carbocycles. The quantitative estimate of drug-likeness (QED) is 0.788. The Hall–Kier alpha value is -2.28. The van der Waals surface area contributed by atoms with Crippen LogP contribution in [0.15, 0.2) is 16.9 Å². The van der Waals surface area contributed by atoms with Gasteiger partial charge in [0.05, 0.1) is 35.6 Å². The number of benzene rings is 1. The molecule has 2 aromatic rings. The zero-order valence-corrected chi connectivity index (χ0v) is 11.9. The average molecular weight is 290 g/mol. The van der Waals surface area contributed by atoms with Gasteiger partial charge in [-0.2, -0.15) is 0 Å². The number of hydrogen-bond donors (Lipinski definition) is 3. The van der Waals surface area contributed by atoms with Gasteiger partial charge in [-0.3, -0.25) is 4.79 Å². The van der Waals surface area contributed by atoms with E-state index in [0.717, 1.165) is 24.3 Å². The summed E-state index contributed by atoms with van der Waals surface area (Å²) in [6.07, 6.45) is 0.407. The number of nitrogens with zero attached hydrogens (tertiary/aromatic N) is 1. The highest BCUT2D eigenvalue weighted by atomic mass is 16.5. The fraction of sp³-hybridized carbons (Fsp3) is 0.429. The summed E-state index contributed by atoms with van der Waals surface area (Å²) in [7, 11) is 0. The molecule has 1 aliphatic heterocycles. The van der Waals surface area contributed by atoms with Crippen molar-refractivity contribution in [1.29, 1.82) is 0 Å². The van der Waals surface area contributed by atoms with Crippen molar-refractivity contribution in [2.45, 2.75) is 13.3 Å². The Morgan fingerprint density at radius 2 is 1.95 bits per heavy atom. The van der Waals surface area contributed by atoms with Gasteiger partial charge in [-0.05, 0) is 12.1 Å². The highest BCUT2D eigenvalue weighted by Crippen LogP contribution is 2.30. The monoisotopic (exact) mass is 290 g/mol. The number of fused-ring (bicyclic) bond motifs is 1. The van der Waals surface area contributed by atoms with E-state index in [1.165, 1.54) is 0 Å². The number of imidazole rings is 1. The zero-order valence-electron chi connectivity index (χ0n) is 11.9. The number of anilines is 2. The molecule has 0 bridgehead atoms. The van der Waals surface area contributed by atoms with Crippen LogP contribution in [0.1, 0.15) is 13.3 Å². The number of aromatic nitrogens is 2. The lowest BCUT2D eigenvalue weighted by Crippen LogP contribution is -2.36. The van der Waals surface area contributed by atoms with Gasteiger partial charge in [0.2, 0.25) is 5.91 Å². The molecule has 7 nitrogen and oxygen atoms in total. The van der Waals surface area contributed by atoms with Crippen molar-refractivity contribution in [3.63, 3.8) is 0 Å². The molecule has 112 valence electrons. The number of amides is 1. The van der Waals surface area contributed by atoms with Crippen LogP contribution in [-0.2, 0) is 9.53 Å². The first kappa shape index (κ1) is 13.7. The van der Waals surface area contributed by atoms with Crippen LogP contribution in [0.4, 0.5) is 11.4 Å². The number of carbonyl (C=O) groups excluding carboxylic acids is 1. The Kier molecular flexibility index (Phi) is 3.66. The van der Waals surface area contributed by atoms with Crippen molar-refractivity contribution in [1.82, 2.24) is 9.97 Å². The Labute approximate surface area is 121 Å². The van der Waals surface area contributed by atoms with Crippen LogP contribution in [0.2, 0.25) is 0 Å². The maximum Gasteiger partial charge on any atom is 0.323 e. The molecule has 3 rings (SSSR count). The third kappa shape index (κ3) is 2.78. The molecule has 1 aliphatic rings. The lowest BCUT2D eigenvalue weighted by Gasteiger charge is -2.30. The Balaban J connectivity index is 2.06. The standard InChI is InChI=1S/C14H18N4O3/c1-2-13(19)15-11-7-9-10(17-14(20)16-9)8-12(11)18-3-5-21-6-4-18/h7-8H,2-6H2,1H3,(H,15,19)(H2,16,17,20). The van der Waals surface area contributed by atoms with Gasteiger partial charge in [0, 0.05) is 19.5 Å². The van der Waals surface area contributed by atoms with Crippen molar-refractivity contribution >= 4 is 28.3 Å². The van der Waals surface area contributed by atoms with E-state index < -0.39 is 0 Å². The van der Waals surface area contributed by atoms with Crippen LogP contribution in [-0.4, -0.2) is 42.2 Å². The topological polar surface area (TPSA) is 90.2 Å². The van der Waals surface area contributed by atoms with Crippen molar-refractivity contribution in [3.8, 4) is 0 Å². The molecule has 0 unspecified atom stereocenters. The predicted molar refractivity (Wildman–Crippen MR) is 80.9 cm³/mol. The van der Waals surface area contributed by atoms with E-state index in [2.05, 4.69) is 20.2 Å². The summed E-state index contributed by atoms with van der Waals surface area (Å²) < 4.78 is 5.36. The van der Waals surface area contributed by atoms with E-state index in [1.54, 1.807) is 13.0 Å². The van der Waals surface area contributed by atoms with Gasteiger partial charge >= 0.3 is 5.69 Å². The van der Waals surface area contributed by atoms with Gasteiger partial charge in [-0.25, -0.2) is 4.79 Å². The van der Waals surface area contributed by atoms with Gasteiger partial charge in [-0.15, -0.1) is 0 Å². The van der Waals surface area contributed by atoms with Crippen LogP contribution in [0.25, 0.3) is 11.0 Å². The molecule has 2 heterocycles. The first-order valence-electron chi connectivity index (χ1n) is 7.06. The van der Waals surface area contributed by atoms with Crippen LogP contribution in [0.5, 0.6) is 0 Å². The minimum atomic E-state index is -0.253. The molecule has 1 amide bonds. The van der Waals surface area contributed by atoms with Crippen LogP contribution >= 0.6 is 0 Å². The molecule has 21 heavy (non-hydrogen) atoms. The maximum absolute atomic E-state index is 11.7. The summed E-state index contributed by atoms with van der Waals surface area (Å²) in [6, 6.07) is 3.69. The van der Waals surface area contributed by atoms with Gasteiger partial charge in [0.15, 0.2) is 0 Å². The highest BCUT2D eigenvalue weighted by Gasteiger charge is 2.17. The number of ether oxygens (including phenoxy) is 1. The summed E-state index contributed by atoms with van der Waals surface area (Å²) in [6.45, 7) is 4.64. The van der Waals surface area contributed by atoms with Crippen molar-refractivity contribution in [2.24, 2.45) is 0 Å². The van der Waals surface area contributed by atoms with Crippen LogP contribution in [0.3, 0.4) is 0 Å². The summed E-state index contributed by atoms with van der Waals surface area (Å²) in [5, 5.41) is 2.90. The summed E-state index contributed by atoms with van der Waals surface area (Å²) in [5.74, 6) is -0.0539. The minimum Gasteiger partial charge on any atom is -0.378 e. The summed E-state index contributed by atoms with van der Waals surface area (Å²) in [5.41, 5.74) is 2.78. The predicted octanol–water partition coefficient (Wildman–Crippen LogP) is 1.04. The number of aromatic amines is 2. The summed E-state index contributed by atoms with van der Waals surface area (Å²) in [4.78, 5) is 30.8. The van der Waals surface area contributed by atoms with E-state index in [1.807, 2.05) is 6.07 Å². The lowest BCUT2D eigenvalue weighted by molar-refractivity contribution is -0.115. The van der Waals surface area contributed by atoms with Gasteiger partial charge < -0.3 is 24.9 Å². The third-order valence-corrected chi connectivity index (χ3v) is 3.58. The number of carbonyl (C=O) groups is 1. The highest BCUT2D eigenvalue weighted by molar-refractivity contribution is 5.98. The lowest BCUT2D eigenvalue weighted by atomic mass is 10.2. The Bertz CT molecular complexity index is 713. The minimum absolute atomic E-state index is 0.0539. The number of rotatable bonds is 3. The van der Waals surface area contributed by atoms with Crippen LogP contribution < -0.4 is 15.9 Å². The average Bonchev–Trinajstić information content (AvgIpc) is 2.86. The molecule has 0 spiro atoms. The second-order valence-corrected chi connectivity index (χ2v) is 5.00. The SMILES string of the molecule is CCC(=O)Nc1cc2[nH]c(=O)[nH]c2cc1N1CCOCC1. The molecule has 1 aromatic heterocycles. The molecular formula is C14H18N4O3. The van der Waals surface area contributed by atoms with Crippen molar-refractivity contribution in [3.05, 3.63) is 22.6 Å². The number of nitrogens with one attached hydrogen (secondary N) is 3. The van der Waals surface area contributed by atoms with Gasteiger partial charge in [-0.1, -0.05) is 6.92 Å². The Morgan fingerprint density at radius 1 is 1.29 bits per heavy atom. The smallest absolute Gasteiger partial charge is 0.323 e. The number of H-pyrrole nitrogens is 2. The van der Waals surface area contributed by atoms with E-state index >= 15 is 0 Å². The summed E-state index contributed by atoms with van der Waals surface area (Å²) >= 11 is 0.